The summed E-state index contributed by atoms with van der Waals surface area (Å²) in [4.78, 5) is 4.04. The van der Waals surface area contributed by atoms with E-state index in [4.69, 9.17) is 0 Å². The molecular weight excluding hydrogens is 122 g/mol. The van der Waals surface area contributed by atoms with Crippen LogP contribution in [0.3, 0.4) is 0 Å². The van der Waals surface area contributed by atoms with E-state index in [0.29, 0.717) is 0 Å². The quantitative estimate of drug-likeness (QED) is 0.494. The van der Waals surface area contributed by atoms with Crippen LogP contribution in [-0.2, 0) is 0 Å². The van der Waals surface area contributed by atoms with Gasteiger partial charge in [-0.2, -0.15) is 0 Å². The molecule has 1 heterocycles. The van der Waals surface area contributed by atoms with Gasteiger partial charge in [-0.1, -0.05) is 34.6 Å². The van der Waals surface area contributed by atoms with E-state index in [9.17, 15) is 0 Å². The molecule has 0 amide bonds. The van der Waals surface area contributed by atoms with E-state index in [1.165, 1.54) is 6.42 Å². The Labute approximate surface area is 65.6 Å². The van der Waals surface area contributed by atoms with E-state index < -0.39 is 0 Å². The summed E-state index contributed by atoms with van der Waals surface area (Å²) in [5, 5.41) is 0. The molecule has 1 aliphatic rings. The van der Waals surface area contributed by atoms with Crippen LogP contribution in [0.15, 0.2) is 4.99 Å². The predicted molar refractivity (Wildman–Crippen MR) is 49.8 cm³/mol. The lowest BCUT2D eigenvalue weighted by Gasteiger charge is -1.90. The molecule has 1 heteroatoms. The fourth-order valence-electron chi connectivity index (χ4n) is 0.583. The number of hydrogen-bond acceptors (Lipinski definition) is 1. The number of aliphatic imine (C=N–C) groups is 1. The van der Waals surface area contributed by atoms with E-state index in [1.54, 1.807) is 0 Å². The summed E-state index contributed by atoms with van der Waals surface area (Å²) in [7, 11) is 0. The summed E-state index contributed by atoms with van der Waals surface area (Å²) in [5.74, 6) is 0.824. The van der Waals surface area contributed by atoms with Crippen molar-refractivity contribution in [2.45, 2.75) is 41.0 Å². The molecule has 0 fully saturated rings. The Morgan fingerprint density at radius 1 is 1.20 bits per heavy atom. The molecule has 1 nitrogen and oxygen atoms in total. The first-order valence-electron chi connectivity index (χ1n) is 4.38. The van der Waals surface area contributed by atoms with Crippen molar-refractivity contribution in [2.75, 3.05) is 6.54 Å². The molecule has 0 aliphatic carbocycles. The predicted octanol–water partition coefficient (Wildman–Crippen LogP) is 3.15. The lowest BCUT2D eigenvalue weighted by molar-refractivity contribution is 0.666. The van der Waals surface area contributed by atoms with Crippen molar-refractivity contribution < 1.29 is 0 Å². The lowest BCUT2D eigenvalue weighted by Crippen LogP contribution is -1.88. The molecular formula is C9H21N. The van der Waals surface area contributed by atoms with Gasteiger partial charge in [0, 0.05) is 6.54 Å². The summed E-state index contributed by atoms with van der Waals surface area (Å²) in [6.45, 7) is 11.3. The molecule has 62 valence electrons. The zero-order chi connectivity index (χ0) is 8.41. The van der Waals surface area contributed by atoms with Crippen LogP contribution in [0.5, 0.6) is 0 Å². The molecule has 0 aromatic heterocycles. The van der Waals surface area contributed by atoms with Crippen LogP contribution in [0.1, 0.15) is 41.0 Å². The van der Waals surface area contributed by atoms with Gasteiger partial charge in [-0.15, -0.1) is 0 Å². The van der Waals surface area contributed by atoms with Gasteiger partial charge in [-0.25, -0.2) is 0 Å². The smallest absolute Gasteiger partial charge is 0.0414 e. The van der Waals surface area contributed by atoms with E-state index in [2.05, 4.69) is 11.9 Å². The van der Waals surface area contributed by atoms with Gasteiger partial charge in [0.2, 0.25) is 0 Å². The molecule has 1 aliphatic heterocycles. The average Bonchev–Trinajstić information content (AvgIpc) is 2.48. The third-order valence-corrected chi connectivity index (χ3v) is 1.05. The largest absolute Gasteiger partial charge is 0.297 e. The zero-order valence-electron chi connectivity index (χ0n) is 8.02. The van der Waals surface area contributed by atoms with Crippen LogP contribution in [0, 0.1) is 5.92 Å². The summed E-state index contributed by atoms with van der Waals surface area (Å²) in [5.41, 5.74) is 0. The van der Waals surface area contributed by atoms with Crippen molar-refractivity contribution in [3.8, 4) is 0 Å². The molecule has 0 bridgehead atoms. The van der Waals surface area contributed by atoms with Crippen molar-refractivity contribution in [1.29, 1.82) is 0 Å². The second-order valence-corrected chi connectivity index (χ2v) is 1.89. The van der Waals surface area contributed by atoms with E-state index in [-0.39, 0.29) is 0 Å². The number of rotatable bonds is 0. The molecule has 0 aromatic carbocycles. The highest BCUT2D eigenvalue weighted by molar-refractivity contribution is 5.59. The monoisotopic (exact) mass is 143 g/mol. The third kappa shape index (κ3) is 7.67. The minimum absolute atomic E-state index is 0.824. The average molecular weight is 143 g/mol. The zero-order valence-corrected chi connectivity index (χ0v) is 8.02. The molecule has 0 aromatic rings. The Morgan fingerprint density at radius 3 is 1.80 bits per heavy atom. The van der Waals surface area contributed by atoms with Crippen molar-refractivity contribution in [1.82, 2.24) is 0 Å². The highest BCUT2D eigenvalue weighted by Gasteiger charge is 2.01. The molecule has 0 radical (unpaired) electrons. The van der Waals surface area contributed by atoms with E-state index in [1.807, 2.05) is 33.9 Å². The lowest BCUT2D eigenvalue weighted by atomic mass is 10.2. The SMILES string of the molecule is CC.CC.CC1CC=NC1. The van der Waals surface area contributed by atoms with Crippen LogP contribution < -0.4 is 0 Å². The van der Waals surface area contributed by atoms with Crippen molar-refractivity contribution in [3.05, 3.63) is 0 Å². The minimum atomic E-state index is 0.824. The Hall–Kier alpha value is -0.330. The summed E-state index contributed by atoms with van der Waals surface area (Å²) in [6, 6.07) is 0. The second-order valence-electron chi connectivity index (χ2n) is 1.89. The van der Waals surface area contributed by atoms with Crippen molar-refractivity contribution in [3.63, 3.8) is 0 Å². The fourth-order valence-corrected chi connectivity index (χ4v) is 0.583. The summed E-state index contributed by atoms with van der Waals surface area (Å²) < 4.78 is 0. The van der Waals surface area contributed by atoms with Gasteiger partial charge in [0.1, 0.15) is 0 Å². The molecule has 0 N–H and O–H groups in total. The highest BCUT2D eigenvalue weighted by Crippen LogP contribution is 2.04. The molecule has 0 saturated carbocycles. The van der Waals surface area contributed by atoms with Gasteiger partial charge in [0.25, 0.3) is 0 Å². The normalized spacial score (nSPS) is 20.3. The number of nitrogens with zero attached hydrogens (tertiary/aromatic N) is 1. The van der Waals surface area contributed by atoms with Crippen LogP contribution in [-0.4, -0.2) is 12.8 Å². The van der Waals surface area contributed by atoms with Gasteiger partial charge >= 0.3 is 0 Å². The minimum Gasteiger partial charge on any atom is -0.297 e. The topological polar surface area (TPSA) is 12.4 Å². The fraction of sp³-hybridized carbons (Fsp3) is 0.889. The molecule has 0 saturated heterocycles. The first-order valence-corrected chi connectivity index (χ1v) is 4.38. The molecule has 1 rings (SSSR count). The molecule has 1 unspecified atom stereocenters. The summed E-state index contributed by atoms with van der Waals surface area (Å²) in [6.07, 6.45) is 3.20. The Bertz CT molecular complexity index is 59.1. The van der Waals surface area contributed by atoms with Gasteiger partial charge in [0.15, 0.2) is 0 Å². The van der Waals surface area contributed by atoms with Crippen molar-refractivity contribution in [2.24, 2.45) is 10.9 Å². The molecule has 0 spiro atoms. The van der Waals surface area contributed by atoms with Crippen LogP contribution in [0.2, 0.25) is 0 Å². The Kier molecular flexibility index (Phi) is 14.2. The van der Waals surface area contributed by atoms with Crippen LogP contribution >= 0.6 is 0 Å². The van der Waals surface area contributed by atoms with Gasteiger partial charge in [0.05, 0.1) is 0 Å². The van der Waals surface area contributed by atoms with Gasteiger partial charge < -0.3 is 0 Å². The molecule has 1 atom stereocenters. The number of hydrogen-bond donors (Lipinski definition) is 0. The van der Waals surface area contributed by atoms with E-state index >= 15 is 0 Å². The van der Waals surface area contributed by atoms with Gasteiger partial charge in [-0.05, 0) is 18.6 Å². The summed E-state index contributed by atoms with van der Waals surface area (Å²) >= 11 is 0. The first-order chi connectivity index (χ1) is 4.89. The first kappa shape index (κ1) is 12.4. The van der Waals surface area contributed by atoms with Crippen LogP contribution in [0.4, 0.5) is 0 Å². The highest BCUT2D eigenvalue weighted by atomic mass is 14.7. The molecule has 10 heavy (non-hydrogen) atoms. The maximum absolute atomic E-state index is 4.04. The second kappa shape index (κ2) is 11.5. The van der Waals surface area contributed by atoms with E-state index in [0.717, 1.165) is 12.5 Å². The van der Waals surface area contributed by atoms with Crippen molar-refractivity contribution >= 4 is 6.21 Å². The Balaban J connectivity index is 0. The third-order valence-electron chi connectivity index (χ3n) is 1.05. The van der Waals surface area contributed by atoms with Gasteiger partial charge in [-0.3, -0.25) is 4.99 Å². The van der Waals surface area contributed by atoms with Crippen LogP contribution in [0.25, 0.3) is 0 Å². The maximum Gasteiger partial charge on any atom is 0.0414 e. The standard InChI is InChI=1S/C5H9N.2C2H6/c1-5-2-3-6-4-5;2*1-2/h3,5H,2,4H2,1H3;2*1-2H3. The maximum atomic E-state index is 4.04. The Morgan fingerprint density at radius 2 is 1.70 bits per heavy atom.